The van der Waals surface area contributed by atoms with Gasteiger partial charge in [-0.2, -0.15) is 18.3 Å². The van der Waals surface area contributed by atoms with Crippen molar-refractivity contribution in [3.63, 3.8) is 0 Å². The number of alkyl halides is 3. The van der Waals surface area contributed by atoms with E-state index < -0.39 is 23.7 Å². The van der Waals surface area contributed by atoms with E-state index in [1.165, 1.54) is 13.5 Å². The van der Waals surface area contributed by atoms with E-state index in [9.17, 15) is 18.0 Å². The maximum Gasteiger partial charge on any atom is 0.436 e. The van der Waals surface area contributed by atoms with Gasteiger partial charge in [-0.25, -0.2) is 4.79 Å². The first-order valence-electron chi connectivity index (χ1n) is 8.38. The molecule has 5 nitrogen and oxygen atoms in total. The third-order valence-corrected chi connectivity index (χ3v) is 5.89. The lowest BCUT2D eigenvalue weighted by Gasteiger charge is -2.54. The molecule has 1 aromatic rings. The maximum absolute atomic E-state index is 13.0. The molecule has 4 fully saturated rings. The van der Waals surface area contributed by atoms with Gasteiger partial charge in [-0.3, -0.25) is 4.68 Å². The zero-order chi connectivity index (χ0) is 17.1. The van der Waals surface area contributed by atoms with Gasteiger partial charge in [0.1, 0.15) is 0 Å². The lowest BCUT2D eigenvalue weighted by atomic mass is 9.54. The van der Waals surface area contributed by atoms with Crippen molar-refractivity contribution < 1.29 is 22.7 Å². The molecule has 0 saturated heterocycles. The smallest absolute Gasteiger partial charge is 0.406 e. The molecule has 1 N–H and O–H groups in total. The van der Waals surface area contributed by atoms with Crippen LogP contribution in [0.5, 0.6) is 5.75 Å². The molecular weight excluding hydrogens is 323 g/mol. The molecule has 4 aliphatic rings. The van der Waals surface area contributed by atoms with Gasteiger partial charge < -0.3 is 10.1 Å². The third-order valence-electron chi connectivity index (χ3n) is 5.89. The van der Waals surface area contributed by atoms with Crippen molar-refractivity contribution in [3.8, 4) is 5.75 Å². The Morgan fingerprint density at radius 2 is 1.79 bits per heavy atom. The highest BCUT2D eigenvalue weighted by Crippen LogP contribution is 2.53. The molecular formula is C16H20F3N3O2. The number of carbonyl (C=O) groups is 1. The Morgan fingerprint density at radius 1 is 1.21 bits per heavy atom. The van der Waals surface area contributed by atoms with Crippen molar-refractivity contribution in [1.82, 2.24) is 15.1 Å². The lowest BCUT2D eigenvalue weighted by molar-refractivity contribution is -0.144. The molecule has 4 bridgehead atoms. The number of amides is 1. The quantitative estimate of drug-likeness (QED) is 0.896. The minimum Gasteiger partial charge on any atom is -0.406 e. The Kier molecular flexibility index (Phi) is 3.54. The van der Waals surface area contributed by atoms with Crippen LogP contribution < -0.4 is 10.1 Å². The zero-order valence-corrected chi connectivity index (χ0v) is 13.3. The number of nitrogens with zero attached hydrogens (tertiary/aromatic N) is 2. The summed E-state index contributed by atoms with van der Waals surface area (Å²) in [6.07, 6.45) is 1.23. The van der Waals surface area contributed by atoms with E-state index >= 15 is 0 Å². The first-order valence-corrected chi connectivity index (χ1v) is 8.38. The topological polar surface area (TPSA) is 56.2 Å². The van der Waals surface area contributed by atoms with Gasteiger partial charge >= 0.3 is 12.3 Å². The van der Waals surface area contributed by atoms with E-state index in [-0.39, 0.29) is 6.04 Å². The molecule has 24 heavy (non-hydrogen) atoms. The molecule has 0 radical (unpaired) electrons. The van der Waals surface area contributed by atoms with Gasteiger partial charge in [0.05, 0.1) is 6.20 Å². The highest BCUT2D eigenvalue weighted by Gasteiger charge is 2.49. The molecule has 4 saturated carbocycles. The second-order valence-electron chi connectivity index (χ2n) is 7.47. The van der Waals surface area contributed by atoms with Crippen molar-refractivity contribution in [2.45, 2.75) is 44.3 Å². The van der Waals surface area contributed by atoms with E-state index in [1.807, 2.05) is 0 Å². The minimum atomic E-state index is -4.62. The molecule has 8 heteroatoms. The first kappa shape index (κ1) is 15.8. The summed E-state index contributed by atoms with van der Waals surface area (Å²) in [6, 6.07) is 0.0244. The number of rotatable bonds is 2. The Bertz CT molecular complexity index is 627. The predicted octanol–water partition coefficient (Wildman–Crippen LogP) is 3.35. The van der Waals surface area contributed by atoms with Crippen LogP contribution in [0.15, 0.2) is 6.20 Å². The molecule has 5 rings (SSSR count). The summed E-state index contributed by atoms with van der Waals surface area (Å²) in [7, 11) is 1.17. The zero-order valence-electron chi connectivity index (χ0n) is 13.3. The minimum absolute atomic E-state index is 0.0244. The highest BCUT2D eigenvalue weighted by molar-refractivity contribution is 5.71. The summed E-state index contributed by atoms with van der Waals surface area (Å²) in [6.45, 7) is 0. The molecule has 0 spiro atoms. The summed E-state index contributed by atoms with van der Waals surface area (Å²) < 4.78 is 44.7. The molecule has 0 aromatic carbocycles. The molecule has 0 aliphatic heterocycles. The van der Waals surface area contributed by atoms with Crippen LogP contribution in [0.3, 0.4) is 0 Å². The van der Waals surface area contributed by atoms with Crippen molar-refractivity contribution in [3.05, 3.63) is 11.9 Å². The van der Waals surface area contributed by atoms with E-state index in [0.717, 1.165) is 43.7 Å². The number of nitrogens with one attached hydrogen (secondary N) is 1. The first-order chi connectivity index (χ1) is 11.3. The molecule has 4 aliphatic carbocycles. The van der Waals surface area contributed by atoms with Crippen LogP contribution in [0, 0.1) is 23.7 Å². The fourth-order valence-corrected chi connectivity index (χ4v) is 5.24. The van der Waals surface area contributed by atoms with Gasteiger partial charge in [-0.1, -0.05) is 0 Å². The summed E-state index contributed by atoms with van der Waals surface area (Å²) in [5.74, 6) is 1.84. The van der Waals surface area contributed by atoms with Crippen LogP contribution in [0.25, 0.3) is 0 Å². The molecule has 1 aromatic heterocycles. The van der Waals surface area contributed by atoms with Gasteiger partial charge in [-0.05, 0) is 55.8 Å². The highest BCUT2D eigenvalue weighted by atomic mass is 19.4. The summed E-state index contributed by atoms with van der Waals surface area (Å²) in [4.78, 5) is 12.2. The maximum atomic E-state index is 13.0. The van der Waals surface area contributed by atoms with Crippen LogP contribution in [0.2, 0.25) is 0 Å². The number of aromatic nitrogens is 2. The van der Waals surface area contributed by atoms with Crippen molar-refractivity contribution >= 4 is 6.09 Å². The van der Waals surface area contributed by atoms with Crippen LogP contribution in [-0.2, 0) is 13.2 Å². The number of hydrogen-bond donors (Lipinski definition) is 1. The second kappa shape index (κ2) is 5.39. The molecule has 1 heterocycles. The van der Waals surface area contributed by atoms with Crippen molar-refractivity contribution in [1.29, 1.82) is 0 Å². The number of hydrogen-bond acceptors (Lipinski definition) is 3. The van der Waals surface area contributed by atoms with Crippen LogP contribution in [-0.4, -0.2) is 21.9 Å². The van der Waals surface area contributed by atoms with Crippen LogP contribution in [0.4, 0.5) is 18.0 Å². The summed E-state index contributed by atoms with van der Waals surface area (Å²) >= 11 is 0. The normalized spacial score (nSPS) is 34.4. The number of ether oxygens (including phenoxy) is 1. The van der Waals surface area contributed by atoms with Gasteiger partial charge in [-0.15, -0.1) is 0 Å². The fourth-order valence-electron chi connectivity index (χ4n) is 5.24. The predicted molar refractivity (Wildman–Crippen MR) is 78.2 cm³/mol. The van der Waals surface area contributed by atoms with Gasteiger partial charge in [0.2, 0.25) is 0 Å². The number of halogens is 3. The van der Waals surface area contributed by atoms with E-state index in [0.29, 0.717) is 16.5 Å². The largest absolute Gasteiger partial charge is 0.436 e. The van der Waals surface area contributed by atoms with Crippen LogP contribution in [0.1, 0.15) is 37.8 Å². The second-order valence-corrected chi connectivity index (χ2v) is 7.47. The Labute approximate surface area is 137 Å². The Balaban J connectivity index is 1.45. The van der Waals surface area contributed by atoms with Gasteiger partial charge in [0.15, 0.2) is 11.4 Å². The Morgan fingerprint density at radius 3 is 2.33 bits per heavy atom. The standard InChI is InChI=1S/C16H20F3N3O2/c1-22-14(16(17,18)19)12(7-20-22)24-15(23)21-13-10-3-8-2-9(5-10)6-11(13)4-8/h7-11,13H,2-6H2,1H3,(H,21,23). The number of carbonyl (C=O) groups excluding carboxylic acids is 1. The molecule has 0 atom stereocenters. The third kappa shape index (κ3) is 2.65. The van der Waals surface area contributed by atoms with Gasteiger partial charge in [0.25, 0.3) is 0 Å². The van der Waals surface area contributed by atoms with E-state index in [2.05, 4.69) is 10.4 Å². The fraction of sp³-hybridized carbons (Fsp3) is 0.750. The van der Waals surface area contributed by atoms with E-state index in [4.69, 9.17) is 4.74 Å². The Hall–Kier alpha value is -1.73. The van der Waals surface area contributed by atoms with E-state index in [1.54, 1.807) is 0 Å². The van der Waals surface area contributed by atoms with Crippen molar-refractivity contribution in [2.24, 2.45) is 30.7 Å². The molecule has 132 valence electrons. The summed E-state index contributed by atoms with van der Waals surface area (Å²) in [5.41, 5.74) is -1.05. The summed E-state index contributed by atoms with van der Waals surface area (Å²) in [5, 5.41) is 6.38. The SMILES string of the molecule is Cn1ncc(OC(=O)NC2C3CC4CC(C3)CC2C4)c1C(F)(F)F. The molecule has 0 unspecified atom stereocenters. The number of aryl methyl sites for hydroxylation is 1. The lowest BCUT2D eigenvalue weighted by Crippen LogP contribution is -2.56. The van der Waals surface area contributed by atoms with Crippen molar-refractivity contribution in [2.75, 3.05) is 0 Å². The average Bonchev–Trinajstić information content (AvgIpc) is 2.82. The van der Waals surface area contributed by atoms with Crippen LogP contribution >= 0.6 is 0 Å². The monoisotopic (exact) mass is 343 g/mol. The molecule has 1 amide bonds. The average molecular weight is 343 g/mol. The van der Waals surface area contributed by atoms with Gasteiger partial charge in [0, 0.05) is 13.1 Å².